The first-order valence-electron chi connectivity index (χ1n) is 15.9. The standard InChI is InChI=1S/C36H34F2N6O4/c1-36(22-4-2-3-21(15-22)5-10-33(46)47)13-11-24(45)7-6-23-19-44(43-42-23)20-28-26-12-14-39-31(26)17-30(38)34(28)48-25-8-9-29(37)27(16-25)35-40-18-32(36)41-35/h2-4,8-9,12,14-19,24,39,45H,5-7,10-11,13,20H2,1H3,(H,40,41)(H,46,47). The number of carboxylic acid groups (broad SMARTS) is 1. The minimum absolute atomic E-state index is 0.000165. The van der Waals surface area contributed by atoms with Gasteiger partial charge in [-0.25, -0.2) is 18.4 Å². The molecule has 246 valence electrons. The van der Waals surface area contributed by atoms with Crippen molar-refractivity contribution in [2.45, 2.75) is 63.5 Å². The van der Waals surface area contributed by atoms with Crippen LogP contribution < -0.4 is 4.74 Å². The van der Waals surface area contributed by atoms with Crippen LogP contribution in [-0.2, 0) is 29.6 Å². The Morgan fingerprint density at radius 2 is 2.00 bits per heavy atom. The maximum absolute atomic E-state index is 15.6. The molecule has 4 heterocycles. The molecule has 3 aromatic carbocycles. The number of aromatic amines is 2. The number of rotatable bonds is 4. The molecule has 1 aliphatic heterocycles. The van der Waals surface area contributed by atoms with Gasteiger partial charge in [-0.05, 0) is 74.4 Å². The smallest absolute Gasteiger partial charge is 0.303 e. The normalized spacial score (nSPS) is 18.4. The number of aliphatic hydroxyl groups excluding tert-OH is 1. The Morgan fingerprint density at radius 3 is 2.85 bits per heavy atom. The Hall–Kier alpha value is -5.36. The van der Waals surface area contributed by atoms with Crippen molar-refractivity contribution < 1.29 is 28.5 Å². The van der Waals surface area contributed by atoms with Crippen molar-refractivity contribution in [3.8, 4) is 22.9 Å². The lowest BCUT2D eigenvalue weighted by Crippen LogP contribution is -2.26. The third-order valence-electron chi connectivity index (χ3n) is 9.26. The minimum atomic E-state index is -0.878. The number of hydrogen-bond donors (Lipinski definition) is 4. The Kier molecular flexibility index (Phi) is 8.26. The van der Waals surface area contributed by atoms with E-state index in [1.807, 2.05) is 37.3 Å². The zero-order valence-corrected chi connectivity index (χ0v) is 26.2. The van der Waals surface area contributed by atoms with E-state index in [1.54, 1.807) is 23.3 Å². The molecule has 10 nitrogen and oxygen atoms in total. The summed E-state index contributed by atoms with van der Waals surface area (Å²) in [5.74, 6) is -1.55. The van der Waals surface area contributed by atoms with Crippen LogP contribution in [0.15, 0.2) is 73.2 Å². The van der Waals surface area contributed by atoms with E-state index in [0.29, 0.717) is 54.6 Å². The van der Waals surface area contributed by atoms with E-state index in [4.69, 9.17) is 4.74 Å². The molecule has 3 aromatic heterocycles. The lowest BCUT2D eigenvalue weighted by atomic mass is 9.74. The molecule has 0 fully saturated rings. The van der Waals surface area contributed by atoms with Gasteiger partial charge in [0, 0.05) is 58.7 Å². The van der Waals surface area contributed by atoms with Gasteiger partial charge in [-0.2, -0.15) is 0 Å². The molecular weight excluding hydrogens is 618 g/mol. The summed E-state index contributed by atoms with van der Waals surface area (Å²) in [4.78, 5) is 22.2. The number of aromatic nitrogens is 6. The highest BCUT2D eigenvalue weighted by Crippen LogP contribution is 2.40. The van der Waals surface area contributed by atoms with Crippen LogP contribution in [0.5, 0.6) is 11.5 Å². The highest BCUT2D eigenvalue weighted by molar-refractivity contribution is 5.85. The van der Waals surface area contributed by atoms with Gasteiger partial charge >= 0.3 is 5.97 Å². The zero-order valence-electron chi connectivity index (χ0n) is 26.2. The number of imidazole rings is 1. The lowest BCUT2D eigenvalue weighted by molar-refractivity contribution is -0.136. The number of fused-ring (bicyclic) bond motifs is 10. The third-order valence-corrected chi connectivity index (χ3v) is 9.26. The second-order valence-electron chi connectivity index (χ2n) is 12.6. The van der Waals surface area contributed by atoms with Crippen LogP contribution in [0, 0.1) is 11.6 Å². The average Bonchev–Trinajstić information content (AvgIpc) is 3.86. The molecule has 0 saturated carbocycles. The highest BCUT2D eigenvalue weighted by atomic mass is 19.1. The number of H-pyrrole nitrogens is 2. The number of aliphatic carboxylic acids is 1. The number of carbonyl (C=O) groups is 1. The predicted octanol–water partition coefficient (Wildman–Crippen LogP) is 6.68. The quantitative estimate of drug-likeness (QED) is 0.166. The van der Waals surface area contributed by atoms with Gasteiger partial charge in [-0.15, -0.1) is 5.10 Å². The summed E-state index contributed by atoms with van der Waals surface area (Å²) in [5, 5.41) is 29.7. The molecule has 7 rings (SSSR count). The molecule has 12 heteroatoms. The first-order valence-corrected chi connectivity index (χ1v) is 15.9. The van der Waals surface area contributed by atoms with Crippen molar-refractivity contribution >= 4 is 16.9 Å². The highest BCUT2D eigenvalue weighted by Gasteiger charge is 2.32. The van der Waals surface area contributed by atoms with Gasteiger partial charge in [0.1, 0.15) is 17.4 Å². The van der Waals surface area contributed by atoms with E-state index in [9.17, 15) is 15.0 Å². The molecule has 6 aromatic rings. The van der Waals surface area contributed by atoms with E-state index in [-0.39, 0.29) is 35.9 Å². The zero-order chi connectivity index (χ0) is 33.4. The lowest BCUT2D eigenvalue weighted by Gasteiger charge is -2.31. The first kappa shape index (κ1) is 31.3. The summed E-state index contributed by atoms with van der Waals surface area (Å²) < 4.78 is 38.8. The van der Waals surface area contributed by atoms with E-state index in [1.165, 1.54) is 24.3 Å². The van der Waals surface area contributed by atoms with Crippen molar-refractivity contribution in [2.24, 2.45) is 0 Å². The van der Waals surface area contributed by atoms with Crippen LogP contribution >= 0.6 is 0 Å². The van der Waals surface area contributed by atoms with E-state index < -0.39 is 29.1 Å². The average molecular weight is 653 g/mol. The molecule has 2 atom stereocenters. The van der Waals surface area contributed by atoms with Crippen molar-refractivity contribution in [2.75, 3.05) is 0 Å². The maximum Gasteiger partial charge on any atom is 0.303 e. The SMILES string of the molecule is CC1(c2cccc(CCC(=O)O)c2)CCC(O)CCc2cn(nn2)Cc2c(c(F)cc3[nH]ccc23)Oc2ccc(F)c(c2)-c2ncc1[nH]2. The Labute approximate surface area is 274 Å². The summed E-state index contributed by atoms with van der Waals surface area (Å²) in [6.07, 6.45) is 6.74. The fraction of sp³-hybridized carbons (Fsp3) is 0.278. The molecule has 4 N–H and O–H groups in total. The molecule has 48 heavy (non-hydrogen) atoms. The molecule has 2 unspecified atom stereocenters. The number of carboxylic acids is 1. The summed E-state index contributed by atoms with van der Waals surface area (Å²) in [5.41, 5.74) is 3.72. The van der Waals surface area contributed by atoms with E-state index >= 15 is 8.78 Å². The van der Waals surface area contributed by atoms with E-state index in [0.717, 1.165) is 16.5 Å². The Balaban J connectivity index is 1.33. The van der Waals surface area contributed by atoms with Gasteiger partial charge in [0.15, 0.2) is 11.6 Å². The number of nitrogens with zero attached hydrogens (tertiary/aromatic N) is 4. The van der Waals surface area contributed by atoms with Crippen LogP contribution in [0.25, 0.3) is 22.3 Å². The molecule has 0 amide bonds. The summed E-state index contributed by atoms with van der Waals surface area (Å²) in [7, 11) is 0. The number of halogens is 2. The third kappa shape index (κ3) is 6.18. The van der Waals surface area contributed by atoms with Gasteiger partial charge in [0.2, 0.25) is 0 Å². The fourth-order valence-electron chi connectivity index (χ4n) is 6.46. The predicted molar refractivity (Wildman–Crippen MR) is 174 cm³/mol. The second-order valence-corrected chi connectivity index (χ2v) is 12.6. The molecule has 6 bridgehead atoms. The van der Waals surface area contributed by atoms with Gasteiger partial charge in [-0.3, -0.25) is 4.79 Å². The van der Waals surface area contributed by atoms with Gasteiger partial charge < -0.3 is 24.9 Å². The van der Waals surface area contributed by atoms with Crippen LogP contribution in [0.1, 0.15) is 60.7 Å². The maximum atomic E-state index is 15.6. The van der Waals surface area contributed by atoms with Gasteiger partial charge in [-0.1, -0.05) is 29.5 Å². The largest absolute Gasteiger partial charge is 0.481 e. The summed E-state index contributed by atoms with van der Waals surface area (Å²) in [6.45, 7) is 2.19. The van der Waals surface area contributed by atoms with Gasteiger partial charge in [0.05, 0.1) is 23.9 Å². The molecule has 1 aliphatic rings. The fourth-order valence-corrected chi connectivity index (χ4v) is 6.46. The van der Waals surface area contributed by atoms with Crippen molar-refractivity contribution in [1.82, 2.24) is 29.9 Å². The number of nitrogens with one attached hydrogen (secondary N) is 2. The number of aliphatic hydroxyl groups is 1. The van der Waals surface area contributed by atoms with E-state index in [2.05, 4.69) is 25.3 Å². The number of ether oxygens (including phenoxy) is 1. The Bertz CT molecular complexity index is 2120. The number of benzene rings is 3. The van der Waals surface area contributed by atoms with Gasteiger partial charge in [0.25, 0.3) is 0 Å². The topological polar surface area (TPSA) is 142 Å². The van der Waals surface area contributed by atoms with Crippen LogP contribution in [0.3, 0.4) is 0 Å². The monoisotopic (exact) mass is 652 g/mol. The number of aryl methyl sites for hydroxylation is 2. The Morgan fingerprint density at radius 1 is 1.12 bits per heavy atom. The molecular formula is C36H34F2N6O4. The van der Waals surface area contributed by atoms with Crippen LogP contribution in [-0.4, -0.2) is 52.2 Å². The molecule has 0 aliphatic carbocycles. The van der Waals surface area contributed by atoms with Crippen LogP contribution in [0.2, 0.25) is 0 Å². The second kappa shape index (κ2) is 12.7. The molecule has 0 spiro atoms. The minimum Gasteiger partial charge on any atom is -0.481 e. The summed E-state index contributed by atoms with van der Waals surface area (Å²) in [6, 6.07) is 15.1. The summed E-state index contributed by atoms with van der Waals surface area (Å²) >= 11 is 0. The van der Waals surface area contributed by atoms with Crippen molar-refractivity contribution in [1.29, 1.82) is 0 Å². The van der Waals surface area contributed by atoms with Crippen molar-refractivity contribution in [3.63, 3.8) is 0 Å². The van der Waals surface area contributed by atoms with Crippen LogP contribution in [0.4, 0.5) is 8.78 Å². The molecule has 0 radical (unpaired) electrons. The first-order chi connectivity index (χ1) is 23.2. The van der Waals surface area contributed by atoms with Crippen molar-refractivity contribution in [3.05, 3.63) is 113 Å². The number of hydrogen-bond acceptors (Lipinski definition) is 6. The molecule has 0 saturated heterocycles.